The summed E-state index contributed by atoms with van der Waals surface area (Å²) >= 11 is 0. The van der Waals surface area contributed by atoms with Gasteiger partial charge < -0.3 is 15.5 Å². The molecule has 0 saturated heterocycles. The monoisotopic (exact) mass is 405 g/mol. The topological polar surface area (TPSA) is 62.2 Å². The molecule has 0 radical (unpaired) electrons. The van der Waals surface area contributed by atoms with Crippen LogP contribution in [0.4, 0.5) is 4.39 Å². The first kappa shape index (κ1) is 24.3. The number of nitrogens with zero attached hydrogens (tertiary/aromatic N) is 3. The second-order valence-electron chi connectivity index (χ2n) is 5.95. The summed E-state index contributed by atoms with van der Waals surface area (Å²) in [5.41, 5.74) is 1.62. The molecule has 1 aromatic carbocycles. The van der Waals surface area contributed by atoms with Gasteiger partial charge in [0.25, 0.3) is 0 Å². The maximum absolute atomic E-state index is 13.5. The van der Waals surface area contributed by atoms with Crippen LogP contribution >= 0.6 is 24.8 Å². The van der Waals surface area contributed by atoms with Gasteiger partial charge in [-0.1, -0.05) is 12.1 Å². The summed E-state index contributed by atoms with van der Waals surface area (Å²) in [6.07, 6.45) is 3.47. The van der Waals surface area contributed by atoms with Crippen LogP contribution in [-0.4, -0.2) is 48.3 Å². The van der Waals surface area contributed by atoms with E-state index in [0.717, 1.165) is 11.1 Å². The number of carbonyl (C=O) groups is 1. The molecular formula is C17H26Cl2FN5O. The Morgan fingerprint density at radius 2 is 2.00 bits per heavy atom. The Balaban J connectivity index is 0.00000312. The van der Waals surface area contributed by atoms with E-state index in [1.54, 1.807) is 37.2 Å². The summed E-state index contributed by atoms with van der Waals surface area (Å²) in [4.78, 5) is 14.5. The van der Waals surface area contributed by atoms with E-state index in [0.29, 0.717) is 6.54 Å². The maximum Gasteiger partial charge on any atom is 0.241 e. The van der Waals surface area contributed by atoms with Crippen molar-refractivity contribution in [2.24, 2.45) is 7.05 Å². The van der Waals surface area contributed by atoms with Crippen molar-refractivity contribution in [2.45, 2.75) is 12.1 Å². The van der Waals surface area contributed by atoms with Crippen LogP contribution in [0.2, 0.25) is 0 Å². The zero-order chi connectivity index (χ0) is 17.7. The predicted molar refractivity (Wildman–Crippen MR) is 105 cm³/mol. The molecule has 0 aliphatic carbocycles. The molecule has 26 heavy (non-hydrogen) atoms. The summed E-state index contributed by atoms with van der Waals surface area (Å²) in [6, 6.07) is 5.85. The van der Waals surface area contributed by atoms with E-state index in [2.05, 4.69) is 15.7 Å². The van der Waals surface area contributed by atoms with Gasteiger partial charge in [-0.25, -0.2) is 4.39 Å². The fraction of sp³-hybridized carbons (Fsp3) is 0.412. The van der Waals surface area contributed by atoms with Gasteiger partial charge in [-0.2, -0.15) is 5.10 Å². The van der Waals surface area contributed by atoms with Crippen molar-refractivity contribution in [2.75, 3.05) is 27.7 Å². The fourth-order valence-electron chi connectivity index (χ4n) is 2.65. The first-order chi connectivity index (χ1) is 11.4. The summed E-state index contributed by atoms with van der Waals surface area (Å²) in [6.45, 7) is 0.383. The standard InChI is InChI=1S/C17H24FN5O.2ClH/c1-19-16(13-9-21-23(4)11-13)17(24)20-10-15(22(2)3)12-6-5-7-14(18)8-12;;/h5-9,11,15-16,19H,10H2,1-4H3,(H,20,24);2*1H. The first-order valence-electron chi connectivity index (χ1n) is 7.77. The zero-order valence-corrected chi connectivity index (χ0v) is 16.9. The molecule has 0 bridgehead atoms. The van der Waals surface area contributed by atoms with Crippen molar-refractivity contribution in [3.05, 3.63) is 53.6 Å². The molecule has 2 atom stereocenters. The Morgan fingerprint density at radius 1 is 1.31 bits per heavy atom. The normalized spacial score (nSPS) is 12.7. The third-order valence-electron chi connectivity index (χ3n) is 3.94. The summed E-state index contributed by atoms with van der Waals surface area (Å²) in [5, 5.41) is 10.0. The Morgan fingerprint density at radius 3 is 2.50 bits per heavy atom. The number of carbonyl (C=O) groups excluding carboxylic acids is 1. The number of amides is 1. The molecule has 9 heteroatoms. The Kier molecular flexibility index (Phi) is 10.4. The second-order valence-corrected chi connectivity index (χ2v) is 5.95. The predicted octanol–water partition coefficient (Wildman–Crippen LogP) is 2.08. The summed E-state index contributed by atoms with van der Waals surface area (Å²) in [5.74, 6) is -0.428. The maximum atomic E-state index is 13.5. The number of aromatic nitrogens is 2. The van der Waals surface area contributed by atoms with Crippen LogP contribution in [0.3, 0.4) is 0 Å². The quantitative estimate of drug-likeness (QED) is 0.739. The van der Waals surface area contributed by atoms with Gasteiger partial charge in [0, 0.05) is 25.4 Å². The number of aryl methyl sites for hydroxylation is 1. The minimum atomic E-state index is -0.478. The highest BCUT2D eigenvalue weighted by atomic mass is 35.5. The molecule has 0 spiro atoms. The molecule has 1 heterocycles. The van der Waals surface area contributed by atoms with Crippen molar-refractivity contribution in [3.63, 3.8) is 0 Å². The molecule has 2 aromatic rings. The fourth-order valence-corrected chi connectivity index (χ4v) is 2.65. The van der Waals surface area contributed by atoms with Gasteiger partial charge in [0.2, 0.25) is 5.91 Å². The van der Waals surface area contributed by atoms with E-state index < -0.39 is 6.04 Å². The lowest BCUT2D eigenvalue weighted by atomic mass is 10.1. The van der Waals surface area contributed by atoms with Crippen molar-refractivity contribution in [1.29, 1.82) is 0 Å². The molecule has 0 aliphatic rings. The summed E-state index contributed by atoms with van der Waals surface area (Å²) in [7, 11) is 7.34. The van der Waals surface area contributed by atoms with Crippen molar-refractivity contribution >= 4 is 30.7 Å². The Labute approximate surface area is 166 Å². The molecule has 0 fully saturated rings. The number of rotatable bonds is 7. The SMILES string of the molecule is CNC(C(=O)NCC(c1cccc(F)c1)N(C)C)c1cnn(C)c1.Cl.Cl. The Bertz CT molecular complexity index is 695. The highest BCUT2D eigenvalue weighted by Gasteiger charge is 2.22. The number of halogens is 3. The van der Waals surface area contributed by atoms with Gasteiger partial charge in [0.1, 0.15) is 11.9 Å². The lowest BCUT2D eigenvalue weighted by Gasteiger charge is -2.26. The number of likely N-dealkylation sites (N-methyl/N-ethyl adjacent to an activating group) is 2. The van der Waals surface area contributed by atoms with E-state index in [1.807, 2.05) is 25.1 Å². The molecule has 146 valence electrons. The minimum Gasteiger partial charge on any atom is -0.353 e. The second kappa shape index (κ2) is 11.1. The molecular weight excluding hydrogens is 380 g/mol. The summed E-state index contributed by atoms with van der Waals surface area (Å²) < 4.78 is 15.1. The third kappa shape index (κ3) is 6.25. The largest absolute Gasteiger partial charge is 0.353 e. The molecule has 2 rings (SSSR count). The highest BCUT2D eigenvalue weighted by molar-refractivity contribution is 5.85. The number of hydrogen-bond acceptors (Lipinski definition) is 4. The molecule has 1 amide bonds. The van der Waals surface area contributed by atoms with Crippen molar-refractivity contribution < 1.29 is 9.18 Å². The highest BCUT2D eigenvalue weighted by Crippen LogP contribution is 2.19. The van der Waals surface area contributed by atoms with Crippen molar-refractivity contribution in [3.8, 4) is 0 Å². The van der Waals surface area contributed by atoms with Gasteiger partial charge in [0.05, 0.1) is 12.2 Å². The first-order valence-corrected chi connectivity index (χ1v) is 7.77. The van der Waals surface area contributed by atoms with Crippen LogP contribution in [0, 0.1) is 5.82 Å². The number of nitrogens with one attached hydrogen (secondary N) is 2. The molecule has 0 saturated carbocycles. The van der Waals surface area contributed by atoms with E-state index in [1.165, 1.54) is 12.1 Å². The molecule has 2 unspecified atom stereocenters. The van der Waals surface area contributed by atoms with Gasteiger partial charge in [-0.15, -0.1) is 24.8 Å². The molecule has 2 N–H and O–H groups in total. The van der Waals surface area contributed by atoms with Gasteiger partial charge in [0.15, 0.2) is 0 Å². The van der Waals surface area contributed by atoms with Gasteiger partial charge >= 0.3 is 0 Å². The van der Waals surface area contributed by atoms with Crippen LogP contribution in [-0.2, 0) is 11.8 Å². The van der Waals surface area contributed by atoms with E-state index in [-0.39, 0.29) is 42.6 Å². The van der Waals surface area contributed by atoms with E-state index in [4.69, 9.17) is 0 Å². The van der Waals surface area contributed by atoms with Crippen LogP contribution in [0.5, 0.6) is 0 Å². The van der Waals surface area contributed by atoms with Crippen LogP contribution < -0.4 is 10.6 Å². The molecule has 6 nitrogen and oxygen atoms in total. The average Bonchev–Trinajstić information content (AvgIpc) is 2.94. The minimum absolute atomic E-state index is 0. The van der Waals surface area contributed by atoms with E-state index >= 15 is 0 Å². The third-order valence-corrected chi connectivity index (χ3v) is 3.94. The lowest BCUT2D eigenvalue weighted by molar-refractivity contribution is -0.123. The van der Waals surface area contributed by atoms with Crippen LogP contribution in [0.25, 0.3) is 0 Å². The van der Waals surface area contributed by atoms with Crippen molar-refractivity contribution in [1.82, 2.24) is 25.3 Å². The smallest absolute Gasteiger partial charge is 0.241 e. The zero-order valence-electron chi connectivity index (χ0n) is 15.3. The van der Waals surface area contributed by atoms with Gasteiger partial charge in [-0.3, -0.25) is 9.48 Å². The molecule has 1 aromatic heterocycles. The number of benzene rings is 1. The van der Waals surface area contributed by atoms with Crippen LogP contribution in [0.1, 0.15) is 23.2 Å². The average molecular weight is 406 g/mol. The molecule has 0 aliphatic heterocycles. The van der Waals surface area contributed by atoms with Gasteiger partial charge in [-0.05, 0) is 38.8 Å². The Hall–Kier alpha value is -1.67. The number of hydrogen-bond donors (Lipinski definition) is 2. The van der Waals surface area contributed by atoms with Crippen LogP contribution in [0.15, 0.2) is 36.7 Å². The lowest BCUT2D eigenvalue weighted by Crippen LogP contribution is -2.40. The van der Waals surface area contributed by atoms with E-state index in [9.17, 15) is 9.18 Å².